The van der Waals surface area contributed by atoms with Gasteiger partial charge >= 0.3 is 0 Å². The maximum Gasteiger partial charge on any atom is 0.240 e. The van der Waals surface area contributed by atoms with Crippen molar-refractivity contribution >= 4 is 46.4 Å². The summed E-state index contributed by atoms with van der Waals surface area (Å²) in [7, 11) is 0. The van der Waals surface area contributed by atoms with Crippen LogP contribution in [0, 0.1) is 12.3 Å². The second-order valence-corrected chi connectivity index (χ2v) is 6.69. The average Bonchev–Trinajstić information content (AvgIpc) is 3.36. The van der Waals surface area contributed by atoms with Gasteiger partial charge in [0.2, 0.25) is 11.8 Å². The molecule has 6 heteroatoms. The van der Waals surface area contributed by atoms with Gasteiger partial charge in [0.15, 0.2) is 0 Å². The van der Waals surface area contributed by atoms with Gasteiger partial charge in [-0.1, -0.05) is 47.5 Å². The lowest BCUT2D eigenvalue weighted by Crippen LogP contribution is -2.35. The number of carbonyl (C=O) groups excluding carboxylic acids is 2. The molecule has 0 radical (unpaired) electrons. The highest BCUT2D eigenvalue weighted by molar-refractivity contribution is 6.44. The zero-order valence-corrected chi connectivity index (χ0v) is 14.5. The number of para-hydroxylation sites is 1. The zero-order chi connectivity index (χ0) is 17.3. The maximum atomic E-state index is 12.6. The predicted molar refractivity (Wildman–Crippen MR) is 96.6 cm³/mol. The van der Waals surface area contributed by atoms with E-state index in [2.05, 4.69) is 10.6 Å². The Morgan fingerprint density at radius 2 is 1.50 bits per heavy atom. The van der Waals surface area contributed by atoms with Crippen molar-refractivity contribution in [2.75, 3.05) is 10.6 Å². The van der Waals surface area contributed by atoms with Gasteiger partial charge in [0.05, 0.1) is 15.7 Å². The molecule has 0 heterocycles. The number of halogens is 2. The molecule has 1 fully saturated rings. The van der Waals surface area contributed by atoms with Gasteiger partial charge in [-0.15, -0.1) is 0 Å². The minimum Gasteiger partial charge on any atom is -0.325 e. The molecule has 0 bridgehead atoms. The predicted octanol–water partition coefficient (Wildman–Crippen LogP) is 4.66. The molecule has 4 nitrogen and oxygen atoms in total. The van der Waals surface area contributed by atoms with Gasteiger partial charge in [-0.05, 0) is 43.5 Å². The summed E-state index contributed by atoms with van der Waals surface area (Å²) in [5.41, 5.74) is 1.01. The number of carbonyl (C=O) groups is 2. The number of rotatable bonds is 4. The van der Waals surface area contributed by atoms with E-state index in [1.165, 1.54) is 0 Å². The lowest BCUT2D eigenvalue weighted by molar-refractivity contribution is -0.131. The molecule has 0 aromatic heterocycles. The van der Waals surface area contributed by atoms with Crippen LogP contribution in [0.3, 0.4) is 0 Å². The summed E-state index contributed by atoms with van der Waals surface area (Å²) >= 11 is 12.0. The maximum absolute atomic E-state index is 12.6. The van der Waals surface area contributed by atoms with Crippen LogP contribution in [0.5, 0.6) is 0 Å². The fourth-order valence-electron chi connectivity index (χ4n) is 2.48. The largest absolute Gasteiger partial charge is 0.325 e. The normalized spacial score (nSPS) is 14.8. The summed E-state index contributed by atoms with van der Waals surface area (Å²) in [4.78, 5) is 25.2. The van der Waals surface area contributed by atoms with E-state index < -0.39 is 5.41 Å². The minimum atomic E-state index is -1.05. The molecule has 2 amide bonds. The van der Waals surface area contributed by atoms with Gasteiger partial charge in [0.25, 0.3) is 0 Å². The second kappa shape index (κ2) is 6.46. The van der Waals surface area contributed by atoms with Gasteiger partial charge in [0, 0.05) is 5.69 Å². The van der Waals surface area contributed by atoms with Crippen LogP contribution >= 0.6 is 23.2 Å². The number of aryl methyl sites for hydroxylation is 1. The molecule has 2 aromatic rings. The molecule has 3 rings (SSSR count). The Labute approximate surface area is 150 Å². The van der Waals surface area contributed by atoms with Gasteiger partial charge in [-0.25, -0.2) is 0 Å². The third-order valence-electron chi connectivity index (χ3n) is 4.21. The quantitative estimate of drug-likeness (QED) is 0.777. The van der Waals surface area contributed by atoms with Crippen molar-refractivity contribution in [3.05, 3.63) is 58.1 Å². The molecular weight excluding hydrogens is 347 g/mol. The van der Waals surface area contributed by atoms with Crippen molar-refractivity contribution in [1.29, 1.82) is 0 Å². The lowest BCUT2D eigenvalue weighted by atomic mass is 10.0. The fraction of sp³-hybridized carbons (Fsp3) is 0.222. The first-order valence-corrected chi connectivity index (χ1v) is 8.32. The molecule has 1 aliphatic carbocycles. The number of hydrogen-bond donors (Lipinski definition) is 2. The van der Waals surface area contributed by atoms with Crippen LogP contribution in [0.15, 0.2) is 42.5 Å². The first-order valence-electron chi connectivity index (χ1n) is 7.56. The molecule has 0 aliphatic heterocycles. The molecule has 0 unspecified atom stereocenters. The Morgan fingerprint density at radius 1 is 0.917 bits per heavy atom. The summed E-state index contributed by atoms with van der Waals surface area (Å²) in [6.45, 7) is 1.90. The molecule has 0 atom stereocenters. The van der Waals surface area contributed by atoms with Gasteiger partial charge < -0.3 is 10.6 Å². The van der Waals surface area contributed by atoms with Gasteiger partial charge in [-0.2, -0.15) is 0 Å². The molecule has 1 saturated carbocycles. The summed E-state index contributed by atoms with van der Waals surface area (Å²) in [5.74, 6) is -0.662. The van der Waals surface area contributed by atoms with Crippen molar-refractivity contribution in [3.63, 3.8) is 0 Å². The van der Waals surface area contributed by atoms with E-state index in [1.807, 2.05) is 31.2 Å². The van der Waals surface area contributed by atoms with Crippen molar-refractivity contribution in [3.8, 4) is 0 Å². The van der Waals surface area contributed by atoms with Crippen LogP contribution in [0.1, 0.15) is 18.4 Å². The Bertz CT molecular complexity index is 816. The molecule has 1 aliphatic rings. The highest BCUT2D eigenvalue weighted by Crippen LogP contribution is 2.48. The van der Waals surface area contributed by atoms with Gasteiger partial charge in [0.1, 0.15) is 5.41 Å². The monoisotopic (exact) mass is 362 g/mol. The topological polar surface area (TPSA) is 58.2 Å². The number of nitrogens with one attached hydrogen (secondary N) is 2. The van der Waals surface area contributed by atoms with Crippen LogP contribution < -0.4 is 10.6 Å². The van der Waals surface area contributed by atoms with Crippen molar-refractivity contribution in [2.24, 2.45) is 5.41 Å². The van der Waals surface area contributed by atoms with E-state index in [9.17, 15) is 9.59 Å². The van der Waals surface area contributed by atoms with E-state index in [-0.39, 0.29) is 16.8 Å². The van der Waals surface area contributed by atoms with Crippen molar-refractivity contribution in [2.45, 2.75) is 19.8 Å². The first-order chi connectivity index (χ1) is 11.4. The SMILES string of the molecule is Cc1ccccc1NC(=O)C1(C(=O)Nc2cccc(Cl)c2Cl)CC1. The smallest absolute Gasteiger partial charge is 0.240 e. The Balaban J connectivity index is 1.76. The van der Waals surface area contributed by atoms with Crippen LogP contribution in [-0.2, 0) is 9.59 Å². The van der Waals surface area contributed by atoms with E-state index in [1.54, 1.807) is 18.2 Å². The second-order valence-electron chi connectivity index (χ2n) is 5.91. The number of amides is 2. The third kappa shape index (κ3) is 3.12. The molecule has 2 N–H and O–H groups in total. The standard InChI is InChI=1S/C18H16Cl2N2O2/c1-11-5-2-3-7-13(11)21-16(23)18(9-10-18)17(24)22-14-8-4-6-12(19)15(14)20/h2-8H,9-10H2,1H3,(H,21,23)(H,22,24). The zero-order valence-electron chi connectivity index (χ0n) is 13.0. The number of hydrogen-bond acceptors (Lipinski definition) is 2. The summed E-state index contributed by atoms with van der Waals surface area (Å²) in [6, 6.07) is 12.4. The van der Waals surface area contributed by atoms with E-state index >= 15 is 0 Å². The Kier molecular flexibility index (Phi) is 4.52. The van der Waals surface area contributed by atoms with Crippen molar-refractivity contribution < 1.29 is 9.59 Å². The molecular formula is C18H16Cl2N2O2. The first kappa shape index (κ1) is 16.8. The molecule has 0 spiro atoms. The number of anilines is 2. The van der Waals surface area contributed by atoms with E-state index in [0.29, 0.717) is 29.2 Å². The van der Waals surface area contributed by atoms with Crippen molar-refractivity contribution in [1.82, 2.24) is 0 Å². The summed E-state index contributed by atoms with van der Waals surface area (Å²) in [6.07, 6.45) is 1.02. The fourth-order valence-corrected chi connectivity index (χ4v) is 2.83. The molecule has 2 aromatic carbocycles. The summed E-state index contributed by atoms with van der Waals surface area (Å²) in [5, 5.41) is 6.18. The number of benzene rings is 2. The summed E-state index contributed by atoms with van der Waals surface area (Å²) < 4.78 is 0. The van der Waals surface area contributed by atoms with Crippen LogP contribution in [0.4, 0.5) is 11.4 Å². The molecule has 124 valence electrons. The van der Waals surface area contributed by atoms with Crippen LogP contribution in [-0.4, -0.2) is 11.8 Å². The minimum absolute atomic E-state index is 0.266. The van der Waals surface area contributed by atoms with Crippen LogP contribution in [0.2, 0.25) is 10.0 Å². The highest BCUT2D eigenvalue weighted by Gasteiger charge is 2.56. The Morgan fingerprint density at radius 3 is 2.12 bits per heavy atom. The lowest BCUT2D eigenvalue weighted by Gasteiger charge is -2.17. The third-order valence-corrected chi connectivity index (χ3v) is 5.03. The van der Waals surface area contributed by atoms with E-state index in [4.69, 9.17) is 23.2 Å². The van der Waals surface area contributed by atoms with Gasteiger partial charge in [-0.3, -0.25) is 9.59 Å². The molecule has 0 saturated heterocycles. The average molecular weight is 363 g/mol. The van der Waals surface area contributed by atoms with E-state index in [0.717, 1.165) is 5.56 Å². The Hall–Kier alpha value is -2.04. The molecule has 24 heavy (non-hydrogen) atoms. The highest BCUT2D eigenvalue weighted by atomic mass is 35.5. The van der Waals surface area contributed by atoms with Crippen LogP contribution in [0.25, 0.3) is 0 Å².